The summed E-state index contributed by atoms with van der Waals surface area (Å²) in [4.78, 5) is 3.29. The molecule has 1 aromatic heterocycles. The van der Waals surface area contributed by atoms with E-state index in [2.05, 4.69) is 23.5 Å². The van der Waals surface area contributed by atoms with E-state index in [1.165, 1.54) is 11.3 Å². The number of nitrogens with zero attached hydrogens (tertiary/aromatic N) is 1. The summed E-state index contributed by atoms with van der Waals surface area (Å²) in [5, 5.41) is 0. The molecular formula is C13H25N3O2S2. The van der Waals surface area contributed by atoms with Gasteiger partial charge in [0.15, 0.2) is 0 Å². The Kier molecular flexibility index (Phi) is 7.68. The van der Waals surface area contributed by atoms with E-state index in [-0.39, 0.29) is 0 Å². The number of nitrogens with one attached hydrogen (secondary N) is 1. The van der Waals surface area contributed by atoms with Crippen molar-refractivity contribution in [1.29, 1.82) is 0 Å². The van der Waals surface area contributed by atoms with Crippen LogP contribution in [0.1, 0.15) is 25.1 Å². The van der Waals surface area contributed by atoms with Gasteiger partial charge in [-0.25, -0.2) is 13.1 Å². The fourth-order valence-corrected chi connectivity index (χ4v) is 4.39. The fourth-order valence-electron chi connectivity index (χ4n) is 1.90. The summed E-state index contributed by atoms with van der Waals surface area (Å²) < 4.78 is 27.2. The Labute approximate surface area is 126 Å². The second-order valence-corrected chi connectivity index (χ2v) is 7.70. The SMILES string of the molecule is CCN(CC)CCCNS(=O)(=O)c1ccc(CCN)s1. The van der Waals surface area contributed by atoms with Crippen LogP contribution in [-0.4, -0.2) is 46.0 Å². The maximum atomic E-state index is 12.1. The molecule has 0 aliphatic carbocycles. The molecule has 0 saturated heterocycles. The molecule has 0 bridgehead atoms. The lowest BCUT2D eigenvalue weighted by atomic mass is 10.3. The van der Waals surface area contributed by atoms with Crippen molar-refractivity contribution < 1.29 is 8.42 Å². The summed E-state index contributed by atoms with van der Waals surface area (Å²) in [6.07, 6.45) is 1.55. The largest absolute Gasteiger partial charge is 0.330 e. The lowest BCUT2D eigenvalue weighted by Crippen LogP contribution is -2.29. The van der Waals surface area contributed by atoms with E-state index in [0.29, 0.717) is 17.3 Å². The predicted octanol–water partition coefficient (Wildman–Crippen LogP) is 1.26. The van der Waals surface area contributed by atoms with Crippen LogP contribution in [-0.2, 0) is 16.4 Å². The minimum Gasteiger partial charge on any atom is -0.330 e. The van der Waals surface area contributed by atoms with Crippen molar-refractivity contribution in [2.45, 2.75) is 30.9 Å². The van der Waals surface area contributed by atoms with Crippen LogP contribution in [0.4, 0.5) is 0 Å². The van der Waals surface area contributed by atoms with Crippen molar-refractivity contribution in [3.8, 4) is 0 Å². The van der Waals surface area contributed by atoms with Crippen LogP contribution in [0.5, 0.6) is 0 Å². The lowest BCUT2D eigenvalue weighted by Gasteiger charge is -2.17. The van der Waals surface area contributed by atoms with Gasteiger partial charge in [-0.2, -0.15) is 0 Å². The van der Waals surface area contributed by atoms with Crippen LogP contribution in [0.2, 0.25) is 0 Å². The Hall–Kier alpha value is -0.470. The maximum absolute atomic E-state index is 12.1. The third-order valence-electron chi connectivity index (χ3n) is 3.13. The van der Waals surface area contributed by atoms with Gasteiger partial charge in [0.2, 0.25) is 10.0 Å². The second kappa shape index (κ2) is 8.74. The summed E-state index contributed by atoms with van der Waals surface area (Å²) in [7, 11) is -3.36. The van der Waals surface area contributed by atoms with Gasteiger partial charge < -0.3 is 10.6 Å². The van der Waals surface area contributed by atoms with Crippen molar-refractivity contribution in [3.63, 3.8) is 0 Å². The average molecular weight is 319 g/mol. The minimum atomic E-state index is -3.36. The Morgan fingerprint density at radius 2 is 2.00 bits per heavy atom. The highest BCUT2D eigenvalue weighted by Gasteiger charge is 2.16. The first kappa shape index (κ1) is 17.6. The molecule has 0 aromatic carbocycles. The van der Waals surface area contributed by atoms with Gasteiger partial charge >= 0.3 is 0 Å². The van der Waals surface area contributed by atoms with E-state index < -0.39 is 10.0 Å². The molecule has 1 heterocycles. The minimum absolute atomic E-state index is 0.379. The number of nitrogens with two attached hydrogens (primary N) is 1. The van der Waals surface area contributed by atoms with Gasteiger partial charge in [-0.05, 0) is 51.2 Å². The smallest absolute Gasteiger partial charge is 0.250 e. The van der Waals surface area contributed by atoms with Gasteiger partial charge in [0.1, 0.15) is 4.21 Å². The first-order chi connectivity index (χ1) is 9.53. The molecule has 0 fully saturated rings. The average Bonchev–Trinajstić information content (AvgIpc) is 2.89. The van der Waals surface area contributed by atoms with Gasteiger partial charge in [0, 0.05) is 11.4 Å². The number of rotatable bonds is 10. The zero-order valence-electron chi connectivity index (χ0n) is 12.3. The number of hydrogen-bond donors (Lipinski definition) is 2. The van der Waals surface area contributed by atoms with Crippen LogP contribution in [0.25, 0.3) is 0 Å². The molecule has 0 radical (unpaired) electrons. The topological polar surface area (TPSA) is 75.4 Å². The van der Waals surface area contributed by atoms with E-state index in [1.807, 2.05) is 6.07 Å². The molecule has 0 aliphatic heterocycles. The summed E-state index contributed by atoms with van der Waals surface area (Å²) in [5.41, 5.74) is 5.47. The molecule has 0 spiro atoms. The van der Waals surface area contributed by atoms with Gasteiger partial charge in [-0.3, -0.25) is 0 Å². The van der Waals surface area contributed by atoms with Gasteiger partial charge in [0.05, 0.1) is 0 Å². The van der Waals surface area contributed by atoms with Crippen LogP contribution >= 0.6 is 11.3 Å². The van der Waals surface area contributed by atoms with E-state index in [1.54, 1.807) is 6.07 Å². The van der Waals surface area contributed by atoms with Crippen LogP contribution in [0.15, 0.2) is 16.3 Å². The third kappa shape index (κ3) is 5.49. The molecule has 3 N–H and O–H groups in total. The zero-order chi connectivity index (χ0) is 15.0. The van der Waals surface area contributed by atoms with Crippen LogP contribution in [0, 0.1) is 0 Å². The zero-order valence-corrected chi connectivity index (χ0v) is 13.9. The van der Waals surface area contributed by atoms with Crippen molar-refractivity contribution in [1.82, 2.24) is 9.62 Å². The highest BCUT2D eigenvalue weighted by atomic mass is 32.2. The Balaban J connectivity index is 2.44. The van der Waals surface area contributed by atoms with Gasteiger partial charge in [0.25, 0.3) is 0 Å². The van der Waals surface area contributed by atoms with E-state index >= 15 is 0 Å². The van der Waals surface area contributed by atoms with Crippen LogP contribution < -0.4 is 10.5 Å². The molecule has 1 aromatic rings. The second-order valence-electron chi connectivity index (χ2n) is 4.54. The molecule has 0 aliphatic rings. The number of hydrogen-bond acceptors (Lipinski definition) is 5. The van der Waals surface area contributed by atoms with Crippen LogP contribution in [0.3, 0.4) is 0 Å². The number of sulfonamides is 1. The summed E-state index contributed by atoms with van der Waals surface area (Å²) in [5.74, 6) is 0. The molecule has 0 atom stereocenters. The van der Waals surface area contributed by atoms with Crippen molar-refractivity contribution in [3.05, 3.63) is 17.0 Å². The molecule has 0 saturated carbocycles. The quantitative estimate of drug-likeness (QED) is 0.637. The molecular weight excluding hydrogens is 294 g/mol. The van der Waals surface area contributed by atoms with Gasteiger partial charge in [-0.15, -0.1) is 11.3 Å². The van der Waals surface area contributed by atoms with Crippen molar-refractivity contribution in [2.24, 2.45) is 5.73 Å². The Morgan fingerprint density at radius 3 is 2.60 bits per heavy atom. The summed E-state index contributed by atoms with van der Waals surface area (Å²) >= 11 is 1.30. The summed E-state index contributed by atoms with van der Waals surface area (Å²) in [6, 6.07) is 3.49. The number of thiophene rings is 1. The monoisotopic (exact) mass is 319 g/mol. The van der Waals surface area contributed by atoms with Crippen molar-refractivity contribution in [2.75, 3.05) is 32.7 Å². The first-order valence-electron chi connectivity index (χ1n) is 7.04. The Morgan fingerprint density at radius 1 is 1.30 bits per heavy atom. The van der Waals surface area contributed by atoms with Gasteiger partial charge in [-0.1, -0.05) is 13.8 Å². The maximum Gasteiger partial charge on any atom is 0.250 e. The standard InChI is InChI=1S/C13H25N3O2S2/c1-3-16(4-2)11-5-10-15-20(17,18)13-7-6-12(19-13)8-9-14/h6-7,15H,3-5,8-11,14H2,1-2H3. The Bertz CT molecular complexity index is 482. The lowest BCUT2D eigenvalue weighted by molar-refractivity contribution is 0.300. The molecule has 1 rings (SSSR count). The van der Waals surface area contributed by atoms with Crippen molar-refractivity contribution >= 4 is 21.4 Å². The molecule has 5 nitrogen and oxygen atoms in total. The summed E-state index contributed by atoms with van der Waals surface area (Å²) in [6.45, 7) is 8.14. The molecule has 116 valence electrons. The molecule has 20 heavy (non-hydrogen) atoms. The third-order valence-corrected chi connectivity index (χ3v) is 6.23. The highest BCUT2D eigenvalue weighted by Crippen LogP contribution is 2.21. The van der Waals surface area contributed by atoms with E-state index in [4.69, 9.17) is 5.73 Å². The fraction of sp³-hybridized carbons (Fsp3) is 0.692. The molecule has 0 unspecified atom stereocenters. The molecule has 0 amide bonds. The first-order valence-corrected chi connectivity index (χ1v) is 9.34. The molecule has 7 heteroatoms. The van der Waals surface area contributed by atoms with E-state index in [9.17, 15) is 8.42 Å². The predicted molar refractivity (Wildman–Crippen MR) is 84.7 cm³/mol. The normalized spacial score (nSPS) is 12.2. The highest BCUT2D eigenvalue weighted by molar-refractivity contribution is 7.91. The van der Waals surface area contributed by atoms with E-state index in [0.717, 1.165) is 37.4 Å².